The second kappa shape index (κ2) is 3.84. The molecule has 2 aliphatic rings. The molecule has 3 atom stereocenters. The van der Waals surface area contributed by atoms with Crippen LogP contribution in [-0.4, -0.2) is 11.8 Å². The number of nitrogens with zero attached hydrogens (tertiary/aromatic N) is 2. The molecule has 0 radical (unpaired) electrons. The normalized spacial score (nSPS) is 36.4. The number of fused-ring (bicyclic) bond motifs is 1. The van der Waals surface area contributed by atoms with Crippen molar-refractivity contribution in [3.63, 3.8) is 0 Å². The number of benzene rings is 1. The van der Waals surface area contributed by atoms with E-state index in [0.717, 1.165) is 0 Å². The Balaban J connectivity index is 2.33. The Bertz CT molecular complexity index is 721. The quantitative estimate of drug-likeness (QED) is 0.841. The van der Waals surface area contributed by atoms with E-state index in [-0.39, 0.29) is 0 Å². The highest BCUT2D eigenvalue weighted by molar-refractivity contribution is 6.30. The summed E-state index contributed by atoms with van der Waals surface area (Å²) in [6, 6.07) is 10.5. The minimum Gasteiger partial charge on any atom is -0.293 e. The number of hydrogen-bond donors (Lipinski definition) is 1. The lowest BCUT2D eigenvalue weighted by molar-refractivity contribution is -0.129. The van der Waals surface area contributed by atoms with E-state index in [4.69, 9.17) is 11.6 Å². The Labute approximate surface area is 126 Å². The fraction of sp³-hybridized carbons (Fsp3) is 0.333. The molecule has 21 heavy (non-hydrogen) atoms. The lowest BCUT2D eigenvalue weighted by atomic mass is 9.81. The molecule has 1 aliphatic heterocycles. The molecule has 1 aromatic carbocycles. The number of hydrogen-bond acceptors (Lipinski definition) is 4. The van der Waals surface area contributed by atoms with Crippen LogP contribution in [0.3, 0.4) is 0 Å². The first kappa shape index (κ1) is 13.6. The van der Waals surface area contributed by atoms with Gasteiger partial charge < -0.3 is 0 Å². The Morgan fingerprint density at radius 2 is 1.57 bits per heavy atom. The van der Waals surface area contributed by atoms with Gasteiger partial charge >= 0.3 is 0 Å². The van der Waals surface area contributed by atoms with Crippen LogP contribution in [0.1, 0.15) is 18.9 Å². The summed E-state index contributed by atoms with van der Waals surface area (Å²) in [5.74, 6) is -1.37. The van der Waals surface area contributed by atoms with Gasteiger partial charge in [-0.1, -0.05) is 30.7 Å². The molecule has 2 fully saturated rings. The molecule has 104 valence electrons. The number of amides is 2. The molecule has 0 bridgehead atoms. The summed E-state index contributed by atoms with van der Waals surface area (Å²) >= 11 is 5.86. The van der Waals surface area contributed by atoms with Crippen LogP contribution < -0.4 is 5.32 Å². The fourth-order valence-corrected chi connectivity index (χ4v) is 4.13. The summed E-state index contributed by atoms with van der Waals surface area (Å²) in [5.41, 5.74) is -3.82. The van der Waals surface area contributed by atoms with Gasteiger partial charge in [0, 0.05) is 5.02 Å². The van der Waals surface area contributed by atoms with Crippen LogP contribution in [0, 0.1) is 33.5 Å². The molecular weight excluding hydrogens is 290 g/mol. The molecule has 1 saturated carbocycles. The second-order valence-electron chi connectivity index (χ2n) is 5.27. The number of piperidine rings is 1. The largest absolute Gasteiger partial charge is 0.293 e. The minimum absolute atomic E-state index is 0.328. The van der Waals surface area contributed by atoms with Gasteiger partial charge in [-0.15, -0.1) is 0 Å². The summed E-state index contributed by atoms with van der Waals surface area (Å²) in [4.78, 5) is 24.5. The average molecular weight is 300 g/mol. The van der Waals surface area contributed by atoms with Crippen molar-refractivity contribution in [1.29, 1.82) is 10.5 Å². The molecule has 3 rings (SSSR count). The first-order chi connectivity index (χ1) is 9.98. The molecule has 1 N–H and O–H groups in total. The first-order valence-electron chi connectivity index (χ1n) is 6.43. The maximum atomic E-state index is 12.2. The Hall–Kier alpha value is -2.37. The smallest absolute Gasteiger partial charge is 0.250 e. The highest BCUT2D eigenvalue weighted by Crippen LogP contribution is 2.81. The number of rotatable bonds is 2. The van der Waals surface area contributed by atoms with E-state index in [0.29, 0.717) is 17.0 Å². The van der Waals surface area contributed by atoms with E-state index in [2.05, 4.69) is 5.32 Å². The van der Waals surface area contributed by atoms with Crippen molar-refractivity contribution in [2.45, 2.75) is 18.8 Å². The predicted octanol–water partition coefficient (Wildman–Crippen LogP) is 1.68. The van der Waals surface area contributed by atoms with Crippen molar-refractivity contribution in [3.05, 3.63) is 34.9 Å². The molecule has 6 heteroatoms. The van der Waals surface area contributed by atoms with E-state index in [9.17, 15) is 20.1 Å². The van der Waals surface area contributed by atoms with Gasteiger partial charge in [-0.2, -0.15) is 10.5 Å². The van der Waals surface area contributed by atoms with E-state index in [1.54, 1.807) is 31.2 Å². The van der Waals surface area contributed by atoms with Crippen LogP contribution in [0.2, 0.25) is 5.02 Å². The van der Waals surface area contributed by atoms with Crippen LogP contribution in [0.4, 0.5) is 0 Å². The molecule has 5 nitrogen and oxygen atoms in total. The van der Waals surface area contributed by atoms with Gasteiger partial charge in [0.15, 0.2) is 10.8 Å². The zero-order valence-electron chi connectivity index (χ0n) is 11.1. The lowest BCUT2D eigenvalue weighted by Gasteiger charge is -2.21. The van der Waals surface area contributed by atoms with Gasteiger partial charge in [0.1, 0.15) is 0 Å². The number of nitrogens with one attached hydrogen (secondary N) is 1. The zero-order chi connectivity index (χ0) is 15.5. The van der Waals surface area contributed by atoms with Gasteiger partial charge in [-0.3, -0.25) is 14.9 Å². The Morgan fingerprint density at radius 3 is 1.95 bits per heavy atom. The van der Waals surface area contributed by atoms with Gasteiger partial charge in [-0.25, -0.2) is 0 Å². The number of nitriles is 2. The maximum Gasteiger partial charge on any atom is 0.250 e. The standard InChI is InChI=1S/C15H10ClN3O2/c1-2-13(9-3-5-10(16)6-4-9)14(7-17)11(20)19-12(21)15(13,14)8-18/h3-6H,2H2,1H3,(H,19,20,21)/t13?,14-,15+. The third kappa shape index (κ3) is 1.06. The van der Waals surface area contributed by atoms with Crippen LogP contribution in [0.15, 0.2) is 24.3 Å². The third-order valence-corrected chi connectivity index (χ3v) is 5.14. The van der Waals surface area contributed by atoms with E-state index >= 15 is 0 Å². The second-order valence-corrected chi connectivity index (χ2v) is 5.71. The molecule has 1 aliphatic carbocycles. The van der Waals surface area contributed by atoms with Gasteiger partial charge in [0.25, 0.3) is 0 Å². The summed E-state index contributed by atoms with van der Waals surface area (Å²) in [6.45, 7) is 1.77. The molecule has 2 amide bonds. The summed E-state index contributed by atoms with van der Waals surface area (Å²) < 4.78 is 0. The van der Waals surface area contributed by atoms with Crippen LogP contribution >= 0.6 is 11.6 Å². The van der Waals surface area contributed by atoms with E-state index < -0.39 is 28.1 Å². The molecule has 0 spiro atoms. The lowest BCUT2D eigenvalue weighted by Crippen LogP contribution is -2.39. The minimum atomic E-state index is -1.66. The fourth-order valence-electron chi connectivity index (χ4n) is 4.01. The molecule has 0 aromatic heterocycles. The number of imide groups is 1. The SMILES string of the molecule is CCC1(c2ccc(Cl)cc2)[C@]2(C#N)C(=O)NC(=O)[C@]12C#N. The van der Waals surface area contributed by atoms with Crippen LogP contribution in [0.25, 0.3) is 0 Å². The maximum absolute atomic E-state index is 12.2. The summed E-state index contributed by atoms with van der Waals surface area (Å²) in [6.07, 6.45) is 0.328. The van der Waals surface area contributed by atoms with E-state index in [1.807, 2.05) is 12.1 Å². The summed E-state index contributed by atoms with van der Waals surface area (Å²) in [5, 5.41) is 21.8. The molecule has 1 saturated heterocycles. The predicted molar refractivity (Wildman–Crippen MR) is 72.7 cm³/mol. The van der Waals surface area contributed by atoms with Gasteiger partial charge in [0.2, 0.25) is 11.8 Å². The monoisotopic (exact) mass is 299 g/mol. The van der Waals surface area contributed by atoms with Crippen molar-refractivity contribution >= 4 is 23.4 Å². The average Bonchev–Trinajstić information content (AvgIpc) is 2.97. The Kier molecular flexibility index (Phi) is 2.49. The van der Waals surface area contributed by atoms with Crippen LogP contribution in [-0.2, 0) is 15.0 Å². The molecule has 1 aromatic rings. The van der Waals surface area contributed by atoms with Crippen molar-refractivity contribution in [2.24, 2.45) is 10.8 Å². The Morgan fingerprint density at radius 1 is 1.10 bits per heavy atom. The highest BCUT2D eigenvalue weighted by Gasteiger charge is 2.98. The number of halogens is 1. The number of carbonyl (C=O) groups is 2. The molecule has 1 heterocycles. The third-order valence-electron chi connectivity index (χ3n) is 4.89. The van der Waals surface area contributed by atoms with Crippen molar-refractivity contribution in [2.75, 3.05) is 0 Å². The zero-order valence-corrected chi connectivity index (χ0v) is 11.9. The van der Waals surface area contributed by atoms with Crippen molar-refractivity contribution in [3.8, 4) is 12.1 Å². The number of carbonyl (C=O) groups excluding carboxylic acids is 2. The van der Waals surface area contributed by atoms with Crippen molar-refractivity contribution in [1.82, 2.24) is 5.32 Å². The van der Waals surface area contributed by atoms with Gasteiger partial charge in [-0.05, 0) is 24.1 Å². The first-order valence-corrected chi connectivity index (χ1v) is 6.80. The highest BCUT2D eigenvalue weighted by atomic mass is 35.5. The molecular formula is C15H10ClN3O2. The van der Waals surface area contributed by atoms with Gasteiger partial charge in [0.05, 0.1) is 17.6 Å². The summed E-state index contributed by atoms with van der Waals surface area (Å²) in [7, 11) is 0. The van der Waals surface area contributed by atoms with Crippen LogP contribution in [0.5, 0.6) is 0 Å². The van der Waals surface area contributed by atoms with E-state index in [1.165, 1.54) is 0 Å². The topological polar surface area (TPSA) is 93.8 Å². The van der Waals surface area contributed by atoms with Crippen molar-refractivity contribution < 1.29 is 9.59 Å². The molecule has 1 unspecified atom stereocenters.